The molecule has 0 spiro atoms. The Bertz CT molecular complexity index is 557. The van der Waals surface area contributed by atoms with Crippen LogP contribution in [0.2, 0.25) is 0 Å². The van der Waals surface area contributed by atoms with Gasteiger partial charge in [-0.25, -0.2) is 0 Å². The fourth-order valence-electron chi connectivity index (χ4n) is 2.88. The molecule has 0 bridgehead atoms. The van der Waals surface area contributed by atoms with Crippen LogP contribution < -0.4 is 10.2 Å². The molecule has 0 radical (unpaired) electrons. The van der Waals surface area contributed by atoms with E-state index in [1.165, 1.54) is 11.3 Å². The molecule has 1 aliphatic rings. The lowest BCUT2D eigenvalue weighted by atomic mass is 10.2. The van der Waals surface area contributed by atoms with Crippen LogP contribution in [-0.4, -0.2) is 54.4 Å². The summed E-state index contributed by atoms with van der Waals surface area (Å²) in [6, 6.07) is 10.7. The zero-order chi connectivity index (χ0) is 15.2. The molecule has 1 fully saturated rings. The molecule has 1 saturated heterocycles. The van der Waals surface area contributed by atoms with E-state index in [4.69, 9.17) is 0 Å². The molecule has 1 aromatic heterocycles. The number of para-hydroxylation sites is 1. The Morgan fingerprint density at radius 2 is 1.91 bits per heavy atom. The molecule has 0 atom stereocenters. The van der Waals surface area contributed by atoms with Crippen LogP contribution in [0.4, 0.5) is 5.69 Å². The van der Waals surface area contributed by atoms with Crippen molar-refractivity contribution in [1.29, 1.82) is 0 Å². The van der Waals surface area contributed by atoms with Gasteiger partial charge in [-0.3, -0.25) is 10.00 Å². The summed E-state index contributed by atoms with van der Waals surface area (Å²) in [7, 11) is 0. The average Bonchev–Trinajstić information content (AvgIpc) is 2.98. The Hall–Kier alpha value is -1.85. The highest BCUT2D eigenvalue weighted by Crippen LogP contribution is 2.15. The first-order valence-corrected chi connectivity index (χ1v) is 8.05. The fourth-order valence-corrected chi connectivity index (χ4v) is 2.88. The van der Waals surface area contributed by atoms with Gasteiger partial charge in [0.15, 0.2) is 0 Å². The maximum absolute atomic E-state index is 4.05. The van der Waals surface area contributed by atoms with E-state index in [-0.39, 0.29) is 0 Å². The minimum absolute atomic E-state index is 0.895. The van der Waals surface area contributed by atoms with Crippen LogP contribution in [0, 0.1) is 6.92 Å². The number of hydrogen-bond donors (Lipinski definition) is 2. The summed E-state index contributed by atoms with van der Waals surface area (Å²) >= 11 is 0. The monoisotopic (exact) mass is 299 g/mol. The second kappa shape index (κ2) is 7.42. The van der Waals surface area contributed by atoms with Crippen molar-refractivity contribution in [2.45, 2.75) is 13.5 Å². The zero-order valence-electron chi connectivity index (χ0n) is 13.3. The number of aryl methyl sites for hydroxylation is 1. The molecule has 2 aromatic rings. The van der Waals surface area contributed by atoms with Crippen molar-refractivity contribution in [1.82, 2.24) is 20.4 Å². The number of benzene rings is 1. The molecule has 118 valence electrons. The van der Waals surface area contributed by atoms with E-state index in [1.54, 1.807) is 0 Å². The number of rotatable bonds is 6. The minimum Gasteiger partial charge on any atom is -0.369 e. The first-order valence-electron chi connectivity index (χ1n) is 8.05. The number of hydrogen-bond acceptors (Lipinski definition) is 4. The molecule has 5 heteroatoms. The van der Waals surface area contributed by atoms with Gasteiger partial charge in [0.05, 0.1) is 6.20 Å². The Kier molecular flexibility index (Phi) is 5.08. The maximum atomic E-state index is 4.05. The van der Waals surface area contributed by atoms with Gasteiger partial charge in [-0.1, -0.05) is 18.2 Å². The molecule has 3 rings (SSSR count). The molecule has 0 saturated carbocycles. The van der Waals surface area contributed by atoms with Gasteiger partial charge in [0.1, 0.15) is 0 Å². The molecule has 0 amide bonds. The molecule has 1 aromatic carbocycles. The third kappa shape index (κ3) is 3.87. The van der Waals surface area contributed by atoms with E-state index in [2.05, 4.69) is 62.6 Å². The summed E-state index contributed by atoms with van der Waals surface area (Å²) < 4.78 is 0. The van der Waals surface area contributed by atoms with E-state index in [1.807, 2.05) is 6.20 Å². The van der Waals surface area contributed by atoms with Gasteiger partial charge in [0.2, 0.25) is 0 Å². The van der Waals surface area contributed by atoms with Gasteiger partial charge >= 0.3 is 0 Å². The molecule has 2 heterocycles. The first kappa shape index (κ1) is 15.1. The Labute approximate surface area is 132 Å². The normalized spacial score (nSPS) is 16.1. The number of anilines is 1. The van der Waals surface area contributed by atoms with Crippen molar-refractivity contribution in [3.8, 4) is 0 Å². The summed E-state index contributed by atoms with van der Waals surface area (Å²) in [4.78, 5) is 5.01. The Balaban J connectivity index is 1.35. The molecule has 2 N–H and O–H groups in total. The number of H-pyrrole nitrogens is 1. The lowest BCUT2D eigenvalue weighted by Gasteiger charge is -2.36. The van der Waals surface area contributed by atoms with Gasteiger partial charge < -0.3 is 10.2 Å². The predicted octanol–water partition coefficient (Wildman–Crippen LogP) is 1.63. The number of nitrogens with zero attached hydrogens (tertiary/aromatic N) is 3. The van der Waals surface area contributed by atoms with Crippen molar-refractivity contribution in [2.75, 3.05) is 44.2 Å². The number of piperazine rings is 1. The van der Waals surface area contributed by atoms with Crippen LogP contribution in [0.15, 0.2) is 36.5 Å². The van der Waals surface area contributed by atoms with Crippen molar-refractivity contribution < 1.29 is 0 Å². The Morgan fingerprint density at radius 3 is 2.59 bits per heavy atom. The lowest BCUT2D eigenvalue weighted by molar-refractivity contribution is 0.257. The quantitative estimate of drug-likeness (QED) is 0.796. The first-order chi connectivity index (χ1) is 10.8. The van der Waals surface area contributed by atoms with E-state index in [9.17, 15) is 0 Å². The number of nitrogens with one attached hydrogen (secondary N) is 2. The van der Waals surface area contributed by atoms with Gasteiger partial charge in [-0.05, 0) is 19.1 Å². The second-order valence-corrected chi connectivity index (χ2v) is 5.86. The number of aromatic nitrogens is 2. The van der Waals surface area contributed by atoms with Crippen LogP contribution in [0.3, 0.4) is 0 Å². The summed E-state index contributed by atoms with van der Waals surface area (Å²) in [5.74, 6) is 0. The zero-order valence-corrected chi connectivity index (χ0v) is 13.3. The molecular formula is C17H25N5. The molecular weight excluding hydrogens is 274 g/mol. The van der Waals surface area contributed by atoms with Crippen LogP contribution in [-0.2, 0) is 6.54 Å². The molecule has 5 nitrogen and oxygen atoms in total. The van der Waals surface area contributed by atoms with Crippen molar-refractivity contribution in [3.05, 3.63) is 47.8 Å². The minimum atomic E-state index is 0.895. The van der Waals surface area contributed by atoms with E-state index < -0.39 is 0 Å². The fraction of sp³-hybridized carbons (Fsp3) is 0.471. The van der Waals surface area contributed by atoms with Crippen molar-refractivity contribution in [2.24, 2.45) is 0 Å². The molecule has 0 aliphatic carbocycles. The molecule has 22 heavy (non-hydrogen) atoms. The summed E-state index contributed by atoms with van der Waals surface area (Å²) in [5, 5.41) is 10.5. The van der Waals surface area contributed by atoms with Crippen LogP contribution in [0.25, 0.3) is 0 Å². The Morgan fingerprint density at radius 1 is 1.14 bits per heavy atom. The molecule has 0 unspecified atom stereocenters. The third-order valence-corrected chi connectivity index (χ3v) is 4.35. The third-order valence-electron chi connectivity index (χ3n) is 4.35. The van der Waals surface area contributed by atoms with Gasteiger partial charge in [0, 0.05) is 62.8 Å². The van der Waals surface area contributed by atoms with Crippen molar-refractivity contribution >= 4 is 5.69 Å². The second-order valence-electron chi connectivity index (χ2n) is 5.86. The van der Waals surface area contributed by atoms with E-state index >= 15 is 0 Å². The van der Waals surface area contributed by atoms with Crippen LogP contribution in [0.1, 0.15) is 11.3 Å². The highest BCUT2D eigenvalue weighted by molar-refractivity contribution is 5.46. The SMILES string of the molecule is Cc1[nH]ncc1CNCCN1CCN(c2ccccc2)CC1. The van der Waals surface area contributed by atoms with Crippen molar-refractivity contribution in [3.63, 3.8) is 0 Å². The maximum Gasteiger partial charge on any atom is 0.0535 e. The summed E-state index contributed by atoms with van der Waals surface area (Å²) in [6.07, 6.45) is 1.90. The topological polar surface area (TPSA) is 47.2 Å². The van der Waals surface area contributed by atoms with Gasteiger partial charge in [0.25, 0.3) is 0 Å². The highest BCUT2D eigenvalue weighted by Gasteiger charge is 2.16. The molecule has 1 aliphatic heterocycles. The van der Waals surface area contributed by atoms with E-state index in [0.29, 0.717) is 0 Å². The average molecular weight is 299 g/mol. The van der Waals surface area contributed by atoms with E-state index in [0.717, 1.165) is 51.5 Å². The standard InChI is InChI=1S/C17H25N5/c1-15-16(14-19-20-15)13-18-7-8-21-9-11-22(12-10-21)17-5-3-2-4-6-17/h2-6,14,18H,7-13H2,1H3,(H,19,20). The van der Waals surface area contributed by atoms with Gasteiger partial charge in [-0.2, -0.15) is 5.10 Å². The van der Waals surface area contributed by atoms with Crippen LogP contribution in [0.5, 0.6) is 0 Å². The smallest absolute Gasteiger partial charge is 0.0535 e. The summed E-state index contributed by atoms with van der Waals surface area (Å²) in [5.41, 5.74) is 3.76. The summed E-state index contributed by atoms with van der Waals surface area (Å²) in [6.45, 7) is 9.60. The number of aromatic amines is 1. The van der Waals surface area contributed by atoms with Crippen LogP contribution >= 0.6 is 0 Å². The largest absolute Gasteiger partial charge is 0.369 e. The highest BCUT2D eigenvalue weighted by atomic mass is 15.3. The predicted molar refractivity (Wildman–Crippen MR) is 90.1 cm³/mol. The van der Waals surface area contributed by atoms with Gasteiger partial charge in [-0.15, -0.1) is 0 Å². The lowest BCUT2D eigenvalue weighted by Crippen LogP contribution is -2.48.